The molecule has 0 saturated heterocycles. The van der Waals surface area contributed by atoms with Crippen LogP contribution < -0.4 is 10.7 Å². The average molecular weight is 518 g/mol. The molecule has 4 aromatic rings. The van der Waals surface area contributed by atoms with Gasteiger partial charge in [0.2, 0.25) is 5.91 Å². The maximum Gasteiger partial charge on any atom is 0.438 e. The van der Waals surface area contributed by atoms with Crippen molar-refractivity contribution in [3.8, 4) is 22.3 Å². The number of nitrogens with zero attached hydrogens (tertiary/aromatic N) is 5. The number of halogens is 2. The maximum atomic E-state index is 14.4. The summed E-state index contributed by atoms with van der Waals surface area (Å²) >= 11 is 0. The van der Waals surface area contributed by atoms with Crippen molar-refractivity contribution >= 4 is 17.3 Å². The molecule has 0 N–H and O–H groups in total. The van der Waals surface area contributed by atoms with Crippen LogP contribution in [0.1, 0.15) is 42.0 Å². The lowest BCUT2D eigenvalue weighted by molar-refractivity contribution is -0.129. The zero-order valence-corrected chi connectivity index (χ0v) is 20.9. The third-order valence-corrected chi connectivity index (χ3v) is 7.31. The third-order valence-electron chi connectivity index (χ3n) is 7.31. The lowest BCUT2D eigenvalue weighted by Crippen LogP contribution is -2.26. The molecular formula is C28H25F2N5O3. The number of hydrogen-bond acceptors (Lipinski definition) is 6. The van der Waals surface area contributed by atoms with E-state index in [0.29, 0.717) is 36.3 Å². The topological polar surface area (TPSA) is 84.5 Å². The van der Waals surface area contributed by atoms with Crippen LogP contribution in [0, 0.1) is 0 Å². The smallest absolute Gasteiger partial charge is 0.416 e. The molecule has 0 radical (unpaired) electrons. The Balaban J connectivity index is 1.52. The molecule has 0 saturated carbocycles. The van der Waals surface area contributed by atoms with Gasteiger partial charge in [-0.2, -0.15) is 10.1 Å². The van der Waals surface area contributed by atoms with Gasteiger partial charge in [-0.3, -0.25) is 9.48 Å². The Labute approximate surface area is 217 Å². The van der Waals surface area contributed by atoms with Crippen molar-refractivity contribution in [3.63, 3.8) is 0 Å². The van der Waals surface area contributed by atoms with Crippen LogP contribution in [0.5, 0.6) is 0 Å². The molecule has 0 fully saturated rings. The molecule has 38 heavy (non-hydrogen) atoms. The first kappa shape index (κ1) is 24.0. The van der Waals surface area contributed by atoms with Gasteiger partial charge in [-0.15, -0.1) is 0 Å². The fraction of sp³-hybridized carbons (Fsp3) is 0.286. The number of alkyl halides is 2. The third kappa shape index (κ3) is 4.15. The number of fused-ring (bicyclic) bond motifs is 2. The molecule has 0 unspecified atom stereocenters. The summed E-state index contributed by atoms with van der Waals surface area (Å²) < 4.78 is 35.3. The zero-order valence-electron chi connectivity index (χ0n) is 20.9. The molecule has 4 heterocycles. The van der Waals surface area contributed by atoms with Crippen molar-refractivity contribution in [2.75, 3.05) is 11.4 Å². The van der Waals surface area contributed by atoms with E-state index in [1.165, 1.54) is 19.4 Å². The minimum absolute atomic E-state index is 0.0405. The molecule has 0 aliphatic carbocycles. The Hall–Kier alpha value is -4.34. The molecule has 2 aliphatic rings. The average Bonchev–Trinajstić information content (AvgIpc) is 3.54. The van der Waals surface area contributed by atoms with Gasteiger partial charge in [0.15, 0.2) is 0 Å². The number of benzene rings is 2. The Morgan fingerprint density at radius 3 is 2.55 bits per heavy atom. The van der Waals surface area contributed by atoms with Crippen LogP contribution >= 0.6 is 0 Å². The molecule has 2 aromatic heterocycles. The van der Waals surface area contributed by atoms with E-state index in [0.717, 1.165) is 46.5 Å². The lowest BCUT2D eigenvalue weighted by Gasteiger charge is -2.34. The first-order chi connectivity index (χ1) is 18.3. The molecule has 0 spiro atoms. The van der Waals surface area contributed by atoms with Crippen LogP contribution in [-0.2, 0) is 31.4 Å². The fourth-order valence-corrected chi connectivity index (χ4v) is 5.45. The summed E-state index contributed by atoms with van der Waals surface area (Å²) in [5, 5.41) is 4.17. The molecule has 2 aromatic carbocycles. The second-order valence-corrected chi connectivity index (χ2v) is 9.75. The highest BCUT2D eigenvalue weighted by molar-refractivity contribution is 5.82. The number of aryl methyl sites for hydroxylation is 2. The largest absolute Gasteiger partial charge is 0.438 e. The van der Waals surface area contributed by atoms with Crippen LogP contribution in [0.15, 0.2) is 58.3 Å². The minimum atomic E-state index is -2.66. The van der Waals surface area contributed by atoms with Gasteiger partial charge in [-0.1, -0.05) is 0 Å². The molecule has 194 valence electrons. The van der Waals surface area contributed by atoms with Gasteiger partial charge in [0, 0.05) is 79.6 Å². The number of aromatic nitrogens is 3. The minimum Gasteiger partial charge on any atom is -0.416 e. The van der Waals surface area contributed by atoms with Crippen molar-refractivity contribution < 1.29 is 18.0 Å². The predicted octanol–water partition coefficient (Wildman–Crippen LogP) is 4.99. The predicted molar refractivity (Wildman–Crippen MR) is 137 cm³/mol. The molecule has 6 rings (SSSR count). The highest BCUT2D eigenvalue weighted by Crippen LogP contribution is 2.45. The maximum absolute atomic E-state index is 14.4. The van der Waals surface area contributed by atoms with Gasteiger partial charge in [0.05, 0.1) is 6.20 Å². The summed E-state index contributed by atoms with van der Waals surface area (Å²) in [7, 11) is 1.76. The van der Waals surface area contributed by atoms with Gasteiger partial charge in [0.1, 0.15) is 6.26 Å². The molecule has 1 amide bonds. The summed E-state index contributed by atoms with van der Waals surface area (Å²) in [6.45, 7) is 3.05. The summed E-state index contributed by atoms with van der Waals surface area (Å²) in [5.74, 6) is -0.729. The van der Waals surface area contributed by atoms with Crippen molar-refractivity contribution in [1.29, 1.82) is 0 Å². The van der Waals surface area contributed by atoms with E-state index < -0.39 is 12.2 Å². The molecule has 10 heteroatoms. The van der Waals surface area contributed by atoms with E-state index in [-0.39, 0.29) is 11.5 Å². The van der Waals surface area contributed by atoms with E-state index >= 15 is 0 Å². The second kappa shape index (κ2) is 9.20. The van der Waals surface area contributed by atoms with Crippen molar-refractivity contribution in [2.24, 2.45) is 7.05 Å². The van der Waals surface area contributed by atoms with Crippen LogP contribution in [0.2, 0.25) is 0 Å². The van der Waals surface area contributed by atoms with Gasteiger partial charge in [-0.25, -0.2) is 13.6 Å². The number of rotatable bonds is 4. The van der Waals surface area contributed by atoms with Crippen molar-refractivity contribution in [1.82, 2.24) is 19.7 Å². The Morgan fingerprint density at radius 2 is 1.87 bits per heavy atom. The molecule has 8 nitrogen and oxygen atoms in total. The monoisotopic (exact) mass is 517 g/mol. The Bertz CT molecular complexity index is 1610. The summed E-state index contributed by atoms with van der Waals surface area (Å²) in [5.41, 5.74) is 7.00. The van der Waals surface area contributed by atoms with Crippen LogP contribution in [0.4, 0.5) is 20.2 Å². The lowest BCUT2D eigenvalue weighted by atomic mass is 9.91. The number of carbonyl (C=O) groups is 1. The van der Waals surface area contributed by atoms with Crippen LogP contribution in [0.25, 0.3) is 22.3 Å². The first-order valence-electron chi connectivity index (χ1n) is 12.4. The molecule has 2 aliphatic heterocycles. The number of anilines is 2. The standard InChI is InChI=1S/C28H25F2N5O3/c1-16(36)34-13-19-6-18(21-10-31-28(37)38-15-21)8-26(24(19)14-34)35-5-3-4-17-7-22(20-11-32-33(2)12-20)23(27(29)30)9-25(17)35/h6-12,15,27H,3-5,13-14H2,1-2H3. The van der Waals surface area contributed by atoms with Crippen molar-refractivity contribution in [3.05, 3.63) is 81.9 Å². The molecular weight excluding hydrogens is 492 g/mol. The highest BCUT2D eigenvalue weighted by Gasteiger charge is 2.30. The van der Waals surface area contributed by atoms with Gasteiger partial charge in [0.25, 0.3) is 6.43 Å². The number of amides is 1. The van der Waals surface area contributed by atoms with Crippen LogP contribution in [0.3, 0.4) is 0 Å². The van der Waals surface area contributed by atoms with E-state index in [1.54, 1.807) is 35.1 Å². The zero-order chi connectivity index (χ0) is 26.6. The molecule has 0 atom stereocenters. The normalized spacial score (nSPS) is 14.7. The van der Waals surface area contributed by atoms with E-state index in [9.17, 15) is 18.4 Å². The number of carbonyl (C=O) groups excluding carboxylic acids is 1. The first-order valence-corrected chi connectivity index (χ1v) is 12.4. The van der Waals surface area contributed by atoms with E-state index in [2.05, 4.69) is 15.0 Å². The number of hydrogen-bond donors (Lipinski definition) is 0. The van der Waals surface area contributed by atoms with E-state index in [1.807, 2.05) is 18.2 Å². The Morgan fingerprint density at radius 1 is 1.03 bits per heavy atom. The molecule has 0 bridgehead atoms. The summed E-state index contributed by atoms with van der Waals surface area (Å²) in [6, 6.07) is 7.40. The quantitative estimate of drug-likeness (QED) is 0.379. The van der Waals surface area contributed by atoms with Gasteiger partial charge >= 0.3 is 5.76 Å². The van der Waals surface area contributed by atoms with Gasteiger partial charge in [-0.05, 0) is 59.4 Å². The SMILES string of the molecule is CC(=O)N1Cc2cc(-c3cnc(=O)oc3)cc(N3CCCc4cc(-c5cnn(C)c5)c(C(F)F)cc43)c2C1. The van der Waals surface area contributed by atoms with Crippen molar-refractivity contribution in [2.45, 2.75) is 39.3 Å². The summed E-state index contributed by atoms with van der Waals surface area (Å²) in [4.78, 5) is 31.3. The van der Waals surface area contributed by atoms with Crippen LogP contribution in [-0.4, -0.2) is 32.1 Å². The Kier molecular flexibility index (Phi) is 5.81. The second-order valence-electron chi connectivity index (χ2n) is 9.75. The fourth-order valence-electron chi connectivity index (χ4n) is 5.45. The highest BCUT2D eigenvalue weighted by atomic mass is 19.3. The van der Waals surface area contributed by atoms with E-state index in [4.69, 9.17) is 4.42 Å². The summed E-state index contributed by atoms with van der Waals surface area (Å²) in [6.07, 6.45) is 5.09. The van der Waals surface area contributed by atoms with Gasteiger partial charge < -0.3 is 14.2 Å².